The number of fused-ring (bicyclic) bond motifs is 1. The Balaban J connectivity index is 1.57. The lowest BCUT2D eigenvalue weighted by atomic mass is 10.2. The quantitative estimate of drug-likeness (QED) is 0.433. The molecule has 4 aromatic rings. The molecule has 1 aromatic carbocycles. The van der Waals surface area contributed by atoms with Crippen molar-refractivity contribution in [2.24, 2.45) is 0 Å². The molecule has 0 aliphatic carbocycles. The molecule has 11 heteroatoms. The number of rotatable bonds is 6. The first-order valence-electron chi connectivity index (χ1n) is 9.85. The van der Waals surface area contributed by atoms with Crippen LogP contribution in [0.2, 0.25) is 0 Å². The Morgan fingerprint density at radius 1 is 1.28 bits per heavy atom. The maximum Gasteiger partial charge on any atom is 0.406 e. The minimum Gasteiger partial charge on any atom is -0.398 e. The Hall–Kier alpha value is -3.76. The summed E-state index contributed by atoms with van der Waals surface area (Å²) in [7, 11) is 0. The molecule has 0 unspecified atom stereocenters. The van der Waals surface area contributed by atoms with E-state index in [1.165, 1.54) is 6.07 Å². The van der Waals surface area contributed by atoms with Gasteiger partial charge in [0, 0.05) is 29.5 Å². The number of halogens is 3. The number of hydrogen-bond acceptors (Lipinski definition) is 5. The van der Waals surface area contributed by atoms with Crippen LogP contribution in [0.1, 0.15) is 36.1 Å². The first kappa shape index (κ1) is 21.5. The van der Waals surface area contributed by atoms with Crippen molar-refractivity contribution in [3.63, 3.8) is 0 Å². The van der Waals surface area contributed by atoms with E-state index in [0.29, 0.717) is 22.2 Å². The molecule has 0 saturated carbocycles. The van der Waals surface area contributed by atoms with Crippen LogP contribution in [0.25, 0.3) is 22.4 Å². The van der Waals surface area contributed by atoms with Gasteiger partial charge in [0.25, 0.3) is 5.91 Å². The van der Waals surface area contributed by atoms with Gasteiger partial charge in [0.2, 0.25) is 11.7 Å². The molecule has 168 valence electrons. The van der Waals surface area contributed by atoms with Gasteiger partial charge in [0.15, 0.2) is 0 Å². The number of hydrogen-bond donors (Lipinski definition) is 2. The van der Waals surface area contributed by atoms with Gasteiger partial charge in [-0.15, -0.1) is 0 Å². The monoisotopic (exact) mass is 446 g/mol. The van der Waals surface area contributed by atoms with Crippen LogP contribution in [0.5, 0.6) is 0 Å². The first-order valence-corrected chi connectivity index (χ1v) is 9.85. The zero-order chi connectivity index (χ0) is 23.0. The molecule has 0 atom stereocenters. The summed E-state index contributed by atoms with van der Waals surface area (Å²) >= 11 is 0. The largest absolute Gasteiger partial charge is 0.406 e. The summed E-state index contributed by atoms with van der Waals surface area (Å²) in [5.74, 6) is -0.295. The van der Waals surface area contributed by atoms with Gasteiger partial charge in [0.1, 0.15) is 6.54 Å². The van der Waals surface area contributed by atoms with Gasteiger partial charge in [-0.25, -0.2) is 0 Å². The van der Waals surface area contributed by atoms with Crippen molar-refractivity contribution >= 4 is 22.5 Å². The van der Waals surface area contributed by atoms with E-state index in [0.717, 1.165) is 4.57 Å². The van der Waals surface area contributed by atoms with E-state index < -0.39 is 12.7 Å². The van der Waals surface area contributed by atoms with Crippen LogP contribution in [0, 0.1) is 0 Å². The molecule has 3 heterocycles. The summed E-state index contributed by atoms with van der Waals surface area (Å²) < 4.78 is 47.7. The molecule has 0 saturated heterocycles. The fourth-order valence-corrected chi connectivity index (χ4v) is 3.40. The van der Waals surface area contributed by atoms with E-state index >= 15 is 0 Å². The molecule has 1 amide bonds. The standard InChI is InChI=1S/C21H21F3N6O2/c1-12(2)29-7-6-13(10-29)20(31)26-9-18-27-19(28-32-18)17-8-14-15(25)4-3-5-16(14)30(17)11-21(22,23)24/h3-8,10,12H,9,11,25H2,1-2H3,(H,26,31). The smallest absolute Gasteiger partial charge is 0.398 e. The molecule has 32 heavy (non-hydrogen) atoms. The Labute approximate surface area is 180 Å². The van der Waals surface area contributed by atoms with E-state index in [4.69, 9.17) is 10.3 Å². The highest BCUT2D eigenvalue weighted by Gasteiger charge is 2.31. The third kappa shape index (κ3) is 4.32. The number of anilines is 1. The van der Waals surface area contributed by atoms with Crippen LogP contribution >= 0.6 is 0 Å². The number of nitrogens with zero attached hydrogens (tertiary/aromatic N) is 4. The van der Waals surface area contributed by atoms with Crippen LogP contribution in [0.15, 0.2) is 47.2 Å². The zero-order valence-corrected chi connectivity index (χ0v) is 17.3. The average Bonchev–Trinajstić information content (AvgIpc) is 3.44. The van der Waals surface area contributed by atoms with Crippen LogP contribution in [-0.2, 0) is 13.1 Å². The summed E-state index contributed by atoms with van der Waals surface area (Å²) in [5.41, 5.74) is 7.18. The molecule has 3 N–H and O–H groups in total. The van der Waals surface area contributed by atoms with Crippen molar-refractivity contribution in [2.75, 3.05) is 5.73 Å². The van der Waals surface area contributed by atoms with Gasteiger partial charge in [-0.1, -0.05) is 11.2 Å². The number of nitrogen functional groups attached to an aromatic ring is 1. The second-order valence-corrected chi connectivity index (χ2v) is 7.65. The Morgan fingerprint density at radius 3 is 2.75 bits per heavy atom. The fourth-order valence-electron chi connectivity index (χ4n) is 3.40. The van der Waals surface area contributed by atoms with Crippen molar-refractivity contribution in [1.82, 2.24) is 24.6 Å². The van der Waals surface area contributed by atoms with Crippen LogP contribution < -0.4 is 11.1 Å². The summed E-state index contributed by atoms with van der Waals surface area (Å²) in [6, 6.07) is 8.14. The van der Waals surface area contributed by atoms with Crippen LogP contribution in [0.3, 0.4) is 0 Å². The lowest BCUT2D eigenvalue weighted by Crippen LogP contribution is -2.22. The number of carbonyl (C=O) groups excluding carboxylic acids is 1. The Bertz CT molecular complexity index is 1270. The number of nitrogens with two attached hydrogens (primary N) is 1. The summed E-state index contributed by atoms with van der Waals surface area (Å²) in [6.07, 6.45) is -0.937. The van der Waals surface area contributed by atoms with Crippen LogP contribution in [0.4, 0.5) is 18.9 Å². The van der Waals surface area contributed by atoms with E-state index in [1.807, 2.05) is 18.4 Å². The van der Waals surface area contributed by atoms with E-state index in [1.54, 1.807) is 36.7 Å². The number of alkyl halides is 3. The third-order valence-electron chi connectivity index (χ3n) is 4.99. The minimum absolute atomic E-state index is 0.0277. The van der Waals surface area contributed by atoms with Crippen molar-refractivity contribution in [2.45, 2.75) is 39.2 Å². The second-order valence-electron chi connectivity index (χ2n) is 7.65. The van der Waals surface area contributed by atoms with Gasteiger partial charge in [0.05, 0.1) is 23.3 Å². The maximum atomic E-state index is 13.2. The summed E-state index contributed by atoms with van der Waals surface area (Å²) in [5, 5.41) is 6.93. The molecule has 0 aliphatic rings. The summed E-state index contributed by atoms with van der Waals surface area (Å²) in [4.78, 5) is 16.5. The Morgan fingerprint density at radius 2 is 2.06 bits per heavy atom. The van der Waals surface area contributed by atoms with Crippen molar-refractivity contribution in [3.05, 3.63) is 54.2 Å². The summed E-state index contributed by atoms with van der Waals surface area (Å²) in [6.45, 7) is 2.68. The van der Waals surface area contributed by atoms with E-state index in [2.05, 4.69) is 15.5 Å². The molecule has 0 aliphatic heterocycles. The maximum absolute atomic E-state index is 13.2. The molecular formula is C21H21F3N6O2. The molecule has 0 fully saturated rings. The van der Waals surface area contributed by atoms with Gasteiger partial charge >= 0.3 is 6.18 Å². The van der Waals surface area contributed by atoms with Crippen molar-refractivity contribution in [1.29, 1.82) is 0 Å². The Kier molecular flexibility index (Phi) is 5.41. The number of nitrogens with one attached hydrogen (secondary N) is 1. The van der Waals surface area contributed by atoms with Gasteiger partial charge < -0.3 is 24.7 Å². The van der Waals surface area contributed by atoms with Gasteiger partial charge in [-0.2, -0.15) is 18.2 Å². The fraction of sp³-hybridized carbons (Fsp3) is 0.286. The normalized spacial score (nSPS) is 12.1. The lowest BCUT2D eigenvalue weighted by Gasteiger charge is -2.11. The molecule has 8 nitrogen and oxygen atoms in total. The number of benzene rings is 1. The SMILES string of the molecule is CC(C)n1ccc(C(=O)NCc2nc(-c3cc4c(N)cccc4n3CC(F)(F)F)no2)c1. The predicted octanol–water partition coefficient (Wildman–Crippen LogP) is 4.15. The molecule has 3 aromatic heterocycles. The van der Waals surface area contributed by atoms with Gasteiger partial charge in [-0.3, -0.25) is 4.79 Å². The average molecular weight is 446 g/mol. The second kappa shape index (κ2) is 8.06. The molecule has 0 bridgehead atoms. The lowest BCUT2D eigenvalue weighted by molar-refractivity contribution is -0.139. The highest BCUT2D eigenvalue weighted by molar-refractivity contribution is 5.95. The zero-order valence-electron chi connectivity index (χ0n) is 17.3. The van der Waals surface area contributed by atoms with Gasteiger partial charge in [-0.05, 0) is 38.1 Å². The molecule has 4 rings (SSSR count). The molecular weight excluding hydrogens is 425 g/mol. The molecule has 0 radical (unpaired) electrons. The predicted molar refractivity (Wildman–Crippen MR) is 112 cm³/mol. The van der Waals surface area contributed by atoms with E-state index in [9.17, 15) is 18.0 Å². The number of amides is 1. The topological polar surface area (TPSA) is 104 Å². The highest BCUT2D eigenvalue weighted by Crippen LogP contribution is 2.32. The van der Waals surface area contributed by atoms with E-state index in [-0.39, 0.29) is 35.9 Å². The van der Waals surface area contributed by atoms with Crippen molar-refractivity contribution < 1.29 is 22.5 Å². The molecule has 0 spiro atoms. The van der Waals surface area contributed by atoms with Crippen LogP contribution in [-0.4, -0.2) is 31.4 Å². The third-order valence-corrected chi connectivity index (χ3v) is 4.99. The van der Waals surface area contributed by atoms with Crippen molar-refractivity contribution in [3.8, 4) is 11.5 Å². The highest BCUT2D eigenvalue weighted by atomic mass is 19.4. The number of aromatic nitrogens is 4. The number of carbonyl (C=O) groups is 1. The minimum atomic E-state index is -4.46. The first-order chi connectivity index (χ1) is 15.1.